The first-order chi connectivity index (χ1) is 31.0. The van der Waals surface area contributed by atoms with Gasteiger partial charge in [-0.2, -0.15) is 0 Å². The summed E-state index contributed by atoms with van der Waals surface area (Å²) >= 11 is 0. The van der Waals surface area contributed by atoms with Crippen molar-refractivity contribution in [2.24, 2.45) is 5.92 Å². The minimum atomic E-state index is -0.109. The SMILES string of the molecule is CC1C=CC(N(c2ccccc2)c2ccc3c(c2)c(=O)c2cccc4c(=O)c5cc(N(c6ccccc6)c6ccc7c(c6)c6ccccc6n7-c6ccccc6)ccc5n3c24)=CC1. The summed E-state index contributed by atoms with van der Waals surface area (Å²) in [6.07, 6.45) is 7.62. The van der Waals surface area contributed by atoms with Crippen LogP contribution < -0.4 is 20.7 Å². The molecule has 300 valence electrons. The van der Waals surface area contributed by atoms with Crippen molar-refractivity contribution in [1.82, 2.24) is 8.97 Å². The number of hydrogen-bond acceptors (Lipinski definition) is 4. The summed E-state index contributed by atoms with van der Waals surface area (Å²) in [4.78, 5) is 33.8. The Kier molecular flexibility index (Phi) is 8.41. The molecule has 3 heterocycles. The molecule has 0 N–H and O–H groups in total. The van der Waals surface area contributed by atoms with Gasteiger partial charge in [0.05, 0.1) is 27.6 Å². The summed E-state index contributed by atoms with van der Waals surface area (Å²) < 4.78 is 4.44. The van der Waals surface area contributed by atoms with E-state index in [1.807, 2.05) is 84.9 Å². The lowest BCUT2D eigenvalue weighted by Gasteiger charge is -2.29. The zero-order chi connectivity index (χ0) is 42.2. The molecular formula is C57H40N4O2. The average molecular weight is 813 g/mol. The van der Waals surface area contributed by atoms with Gasteiger partial charge in [-0.05, 0) is 128 Å². The zero-order valence-electron chi connectivity index (χ0n) is 34.5. The maximum atomic E-state index is 14.8. The standard InChI is InChI=1S/C57H40N4O2/c1-37-24-26-41(27-25-37)58(38-14-5-2-6-15-38)43-29-32-53-49(35-43)56(62)46-21-13-22-47-55(46)61(53)54-33-30-44(36-50(54)57(47)63)59(39-16-7-3-8-17-39)42-28-31-52-48(34-42)45-20-11-12-23-51(45)60(52)40-18-9-4-10-19-40/h2-24,26-37H,25H2,1H3. The number of rotatable bonds is 7. The van der Waals surface area contributed by atoms with E-state index in [2.05, 4.69) is 147 Å². The third kappa shape index (κ3) is 5.79. The lowest BCUT2D eigenvalue weighted by Crippen LogP contribution is -2.18. The van der Waals surface area contributed by atoms with Crippen molar-refractivity contribution >= 4 is 88.3 Å². The fraction of sp³-hybridized carbons (Fsp3) is 0.0526. The van der Waals surface area contributed by atoms with Gasteiger partial charge in [-0.15, -0.1) is 0 Å². The van der Waals surface area contributed by atoms with Gasteiger partial charge in [0.25, 0.3) is 0 Å². The van der Waals surface area contributed by atoms with E-state index in [1.54, 1.807) is 0 Å². The van der Waals surface area contributed by atoms with Crippen LogP contribution in [-0.2, 0) is 0 Å². The zero-order valence-corrected chi connectivity index (χ0v) is 34.5. The van der Waals surface area contributed by atoms with E-state index in [0.29, 0.717) is 33.0 Å². The minimum Gasteiger partial charge on any atom is -0.311 e. The number of hydrogen-bond donors (Lipinski definition) is 0. The van der Waals surface area contributed by atoms with Gasteiger partial charge in [0.1, 0.15) is 0 Å². The smallest absolute Gasteiger partial charge is 0.197 e. The van der Waals surface area contributed by atoms with Gasteiger partial charge >= 0.3 is 0 Å². The summed E-state index contributed by atoms with van der Waals surface area (Å²) in [5.41, 5.74) is 11.0. The van der Waals surface area contributed by atoms with Gasteiger partial charge in [-0.3, -0.25) is 9.59 Å². The molecule has 0 bridgehead atoms. The summed E-state index contributed by atoms with van der Waals surface area (Å²) in [5, 5.41) is 4.49. The molecule has 0 saturated heterocycles. The van der Waals surface area contributed by atoms with Gasteiger partial charge in [0.15, 0.2) is 10.9 Å². The molecule has 0 spiro atoms. The van der Waals surface area contributed by atoms with Crippen LogP contribution in [0.2, 0.25) is 0 Å². The molecule has 8 aromatic carbocycles. The second kappa shape index (κ2) is 14.5. The average Bonchev–Trinajstić information content (AvgIpc) is 3.67. The molecule has 63 heavy (non-hydrogen) atoms. The highest BCUT2D eigenvalue weighted by Gasteiger charge is 2.23. The minimum absolute atomic E-state index is 0.0955. The second-order valence-electron chi connectivity index (χ2n) is 16.5. The van der Waals surface area contributed by atoms with Crippen LogP contribution in [0.5, 0.6) is 0 Å². The van der Waals surface area contributed by atoms with Crippen molar-refractivity contribution in [2.75, 3.05) is 9.80 Å². The highest BCUT2D eigenvalue weighted by molar-refractivity contribution is 6.11. The first kappa shape index (κ1) is 36.6. The Hall–Kier alpha value is -8.22. The molecule has 11 aromatic rings. The van der Waals surface area contributed by atoms with Gasteiger partial charge in [-0.25, -0.2) is 0 Å². The topological polar surface area (TPSA) is 50.0 Å². The molecule has 1 aliphatic carbocycles. The van der Waals surface area contributed by atoms with E-state index >= 15 is 0 Å². The fourth-order valence-corrected chi connectivity index (χ4v) is 9.78. The molecule has 0 aliphatic heterocycles. The number of para-hydroxylation sites is 5. The summed E-state index contributed by atoms with van der Waals surface area (Å²) in [7, 11) is 0. The molecule has 12 rings (SSSR count). The predicted octanol–water partition coefficient (Wildman–Crippen LogP) is 13.7. The van der Waals surface area contributed by atoms with Crippen LogP contribution in [0.25, 0.3) is 65.6 Å². The molecule has 0 fully saturated rings. The molecule has 1 atom stereocenters. The first-order valence-electron chi connectivity index (χ1n) is 21.5. The second-order valence-corrected chi connectivity index (χ2v) is 16.5. The Bertz CT molecular complexity index is 3780. The van der Waals surface area contributed by atoms with Gasteiger partial charge in [0.2, 0.25) is 0 Å². The van der Waals surface area contributed by atoms with Crippen molar-refractivity contribution in [1.29, 1.82) is 0 Å². The third-order valence-electron chi connectivity index (χ3n) is 12.7. The molecule has 0 saturated carbocycles. The maximum absolute atomic E-state index is 14.8. The summed E-state index contributed by atoms with van der Waals surface area (Å²) in [6, 6.07) is 64.1. The number of fused-ring (bicyclic) bond motifs is 7. The van der Waals surface area contributed by atoms with E-state index in [1.165, 1.54) is 0 Å². The molecule has 1 aliphatic rings. The van der Waals surface area contributed by atoms with Gasteiger partial charge < -0.3 is 18.8 Å². The largest absolute Gasteiger partial charge is 0.311 e. The van der Waals surface area contributed by atoms with Crippen LogP contribution >= 0.6 is 0 Å². The number of benzene rings is 8. The normalized spacial score (nSPS) is 14.0. The van der Waals surface area contributed by atoms with Crippen LogP contribution in [0, 0.1) is 5.92 Å². The Morgan fingerprint density at radius 2 is 0.937 bits per heavy atom. The lowest BCUT2D eigenvalue weighted by atomic mass is 9.99. The van der Waals surface area contributed by atoms with Crippen LogP contribution in [0.15, 0.2) is 222 Å². The number of nitrogens with zero attached hydrogens (tertiary/aromatic N) is 4. The molecule has 0 radical (unpaired) electrons. The van der Waals surface area contributed by atoms with Gasteiger partial charge in [-0.1, -0.05) is 97.9 Å². The highest BCUT2D eigenvalue weighted by atomic mass is 16.1. The van der Waals surface area contributed by atoms with E-state index in [-0.39, 0.29) is 10.9 Å². The van der Waals surface area contributed by atoms with Crippen molar-refractivity contribution in [3.8, 4) is 5.69 Å². The number of pyridine rings is 2. The Balaban J connectivity index is 1.07. The maximum Gasteiger partial charge on any atom is 0.197 e. The Morgan fingerprint density at radius 1 is 0.444 bits per heavy atom. The summed E-state index contributed by atoms with van der Waals surface area (Å²) in [6.45, 7) is 2.22. The lowest BCUT2D eigenvalue weighted by molar-refractivity contribution is 0.728. The summed E-state index contributed by atoms with van der Waals surface area (Å²) in [5.74, 6) is 0.459. The van der Waals surface area contributed by atoms with Crippen molar-refractivity contribution in [3.05, 3.63) is 232 Å². The quantitative estimate of drug-likeness (QED) is 0.119. The monoisotopic (exact) mass is 812 g/mol. The number of aromatic nitrogens is 2. The Morgan fingerprint density at radius 3 is 1.54 bits per heavy atom. The number of anilines is 5. The van der Waals surface area contributed by atoms with Crippen LogP contribution in [-0.4, -0.2) is 8.97 Å². The van der Waals surface area contributed by atoms with Crippen molar-refractivity contribution in [3.63, 3.8) is 0 Å². The first-order valence-corrected chi connectivity index (χ1v) is 21.5. The van der Waals surface area contributed by atoms with Crippen LogP contribution in [0.1, 0.15) is 13.3 Å². The highest BCUT2D eigenvalue weighted by Crippen LogP contribution is 2.41. The van der Waals surface area contributed by atoms with Crippen LogP contribution in [0.3, 0.4) is 0 Å². The number of allylic oxidation sites excluding steroid dienone is 3. The third-order valence-corrected chi connectivity index (χ3v) is 12.7. The molecule has 1 unspecified atom stereocenters. The molecule has 6 heteroatoms. The van der Waals surface area contributed by atoms with Crippen LogP contribution in [0.4, 0.5) is 28.4 Å². The molecular weight excluding hydrogens is 773 g/mol. The van der Waals surface area contributed by atoms with Crippen molar-refractivity contribution < 1.29 is 0 Å². The van der Waals surface area contributed by atoms with E-state index in [9.17, 15) is 9.59 Å². The molecule has 0 amide bonds. The van der Waals surface area contributed by atoms with E-state index in [0.717, 1.165) is 79.1 Å². The van der Waals surface area contributed by atoms with Gasteiger partial charge in [0, 0.05) is 72.1 Å². The fourth-order valence-electron chi connectivity index (χ4n) is 9.78. The van der Waals surface area contributed by atoms with Crippen molar-refractivity contribution in [2.45, 2.75) is 13.3 Å². The predicted molar refractivity (Wildman–Crippen MR) is 262 cm³/mol. The van der Waals surface area contributed by atoms with E-state index in [4.69, 9.17) is 0 Å². The molecule has 6 nitrogen and oxygen atoms in total. The Labute approximate surface area is 363 Å². The molecule has 3 aromatic heterocycles. The van der Waals surface area contributed by atoms with E-state index < -0.39 is 0 Å².